The Bertz CT molecular complexity index is 379. The summed E-state index contributed by atoms with van der Waals surface area (Å²) in [5.41, 5.74) is 0. The van der Waals surface area contributed by atoms with Crippen molar-refractivity contribution < 1.29 is 17.3 Å². The van der Waals surface area contributed by atoms with Crippen LogP contribution < -0.4 is 0 Å². The fourth-order valence-corrected chi connectivity index (χ4v) is 3.96. The van der Waals surface area contributed by atoms with Crippen LogP contribution in [0, 0.1) is 0 Å². The Hall–Kier alpha value is -0.170. The summed E-state index contributed by atoms with van der Waals surface area (Å²) in [5, 5.41) is 0. The molecule has 1 saturated heterocycles. The molecular weight excluding hydrogens is 266 g/mol. The molecule has 0 N–H and O–H groups in total. The van der Waals surface area contributed by atoms with Crippen molar-refractivity contribution in [2.45, 2.75) is 63.9 Å². The normalized spacial score (nSPS) is 38.3. The highest BCUT2D eigenvalue weighted by Crippen LogP contribution is 2.28. The van der Waals surface area contributed by atoms with Gasteiger partial charge in [0.2, 0.25) is 0 Å². The molecule has 1 heterocycles. The lowest BCUT2D eigenvalue weighted by Crippen LogP contribution is -2.51. The van der Waals surface area contributed by atoms with Gasteiger partial charge in [0.1, 0.15) is 0 Å². The quantitative estimate of drug-likeness (QED) is 0.735. The largest absolute Gasteiger partial charge is 0.373 e. The molecule has 19 heavy (non-hydrogen) atoms. The van der Waals surface area contributed by atoms with Gasteiger partial charge in [-0.2, -0.15) is 8.42 Å². The maximum Gasteiger partial charge on any atom is 0.264 e. The van der Waals surface area contributed by atoms with Gasteiger partial charge in [0, 0.05) is 19.1 Å². The van der Waals surface area contributed by atoms with E-state index in [-0.39, 0.29) is 18.3 Å². The first-order chi connectivity index (χ1) is 8.83. The van der Waals surface area contributed by atoms with E-state index in [4.69, 9.17) is 8.92 Å². The van der Waals surface area contributed by atoms with Crippen molar-refractivity contribution >= 4 is 10.1 Å². The molecule has 1 saturated carbocycles. The van der Waals surface area contributed by atoms with Crippen molar-refractivity contribution in [3.05, 3.63) is 0 Å². The topological polar surface area (TPSA) is 55.8 Å². The van der Waals surface area contributed by atoms with Crippen LogP contribution in [-0.2, 0) is 19.0 Å². The molecule has 0 radical (unpaired) electrons. The van der Waals surface area contributed by atoms with Gasteiger partial charge in [-0.05, 0) is 39.5 Å². The highest BCUT2D eigenvalue weighted by atomic mass is 32.2. The van der Waals surface area contributed by atoms with Crippen LogP contribution in [-0.4, -0.2) is 57.0 Å². The molecular formula is C13H25NO4S. The standard InChI is InChI=1S/C13H25NO4S/c1-10-8-14(9-11(2)17-10)12-4-6-13(7-5-12)18-19(3,15)16/h10-13H,4-9H2,1-3H3/t10-,11+,12-,13+. The minimum atomic E-state index is -3.32. The van der Waals surface area contributed by atoms with E-state index in [9.17, 15) is 8.42 Å². The fraction of sp³-hybridized carbons (Fsp3) is 1.00. The molecule has 0 aromatic carbocycles. The van der Waals surface area contributed by atoms with Crippen molar-refractivity contribution in [3.8, 4) is 0 Å². The summed E-state index contributed by atoms with van der Waals surface area (Å²) in [7, 11) is -3.32. The molecule has 0 spiro atoms. The van der Waals surface area contributed by atoms with E-state index in [0.29, 0.717) is 6.04 Å². The van der Waals surface area contributed by atoms with Crippen LogP contribution in [0.2, 0.25) is 0 Å². The monoisotopic (exact) mass is 291 g/mol. The van der Waals surface area contributed by atoms with Gasteiger partial charge in [-0.3, -0.25) is 9.08 Å². The molecule has 1 aliphatic heterocycles. The molecule has 2 atom stereocenters. The van der Waals surface area contributed by atoms with Gasteiger partial charge in [0.15, 0.2) is 0 Å². The van der Waals surface area contributed by atoms with Crippen LogP contribution in [0.1, 0.15) is 39.5 Å². The van der Waals surface area contributed by atoms with Crippen molar-refractivity contribution in [3.63, 3.8) is 0 Å². The minimum Gasteiger partial charge on any atom is -0.373 e. The minimum absolute atomic E-state index is 0.123. The van der Waals surface area contributed by atoms with Crippen LogP contribution >= 0.6 is 0 Å². The third-order valence-electron chi connectivity index (χ3n) is 3.92. The second-order valence-corrected chi connectivity index (χ2v) is 7.54. The number of rotatable bonds is 3. The zero-order valence-corrected chi connectivity index (χ0v) is 12.9. The summed E-state index contributed by atoms with van der Waals surface area (Å²) in [6.07, 6.45) is 5.27. The Labute approximate surface area is 116 Å². The Kier molecular flexibility index (Phi) is 4.87. The van der Waals surface area contributed by atoms with Gasteiger partial charge in [-0.1, -0.05) is 0 Å². The molecule has 5 nitrogen and oxygen atoms in total. The second-order valence-electron chi connectivity index (χ2n) is 5.94. The molecule has 112 valence electrons. The summed E-state index contributed by atoms with van der Waals surface area (Å²) >= 11 is 0. The number of hydrogen-bond donors (Lipinski definition) is 0. The molecule has 0 unspecified atom stereocenters. The van der Waals surface area contributed by atoms with E-state index in [0.717, 1.165) is 45.0 Å². The van der Waals surface area contributed by atoms with E-state index in [1.807, 2.05) is 0 Å². The first-order valence-corrected chi connectivity index (χ1v) is 8.93. The summed E-state index contributed by atoms with van der Waals surface area (Å²) in [6.45, 7) is 6.18. The zero-order valence-electron chi connectivity index (χ0n) is 12.0. The van der Waals surface area contributed by atoms with Crippen LogP contribution in [0.25, 0.3) is 0 Å². The lowest BCUT2D eigenvalue weighted by molar-refractivity contribution is -0.0865. The van der Waals surface area contributed by atoms with Gasteiger partial charge >= 0.3 is 0 Å². The molecule has 2 rings (SSSR count). The molecule has 0 aromatic heterocycles. The maximum atomic E-state index is 11.1. The molecule has 0 amide bonds. The van der Waals surface area contributed by atoms with Crippen molar-refractivity contribution in [2.75, 3.05) is 19.3 Å². The van der Waals surface area contributed by atoms with E-state index in [1.54, 1.807) is 0 Å². The van der Waals surface area contributed by atoms with Crippen LogP contribution in [0.5, 0.6) is 0 Å². The van der Waals surface area contributed by atoms with Crippen LogP contribution in [0.3, 0.4) is 0 Å². The Morgan fingerprint density at radius 1 is 1.05 bits per heavy atom. The van der Waals surface area contributed by atoms with Crippen LogP contribution in [0.15, 0.2) is 0 Å². The Balaban J connectivity index is 1.82. The fourth-order valence-electron chi connectivity index (χ4n) is 3.27. The van der Waals surface area contributed by atoms with Gasteiger partial charge in [0.25, 0.3) is 10.1 Å². The number of hydrogen-bond acceptors (Lipinski definition) is 5. The third kappa shape index (κ3) is 4.70. The number of nitrogens with zero attached hydrogens (tertiary/aromatic N) is 1. The van der Waals surface area contributed by atoms with E-state index in [2.05, 4.69) is 18.7 Å². The predicted molar refractivity (Wildman–Crippen MR) is 73.6 cm³/mol. The van der Waals surface area contributed by atoms with Crippen LogP contribution in [0.4, 0.5) is 0 Å². The zero-order chi connectivity index (χ0) is 14.0. The lowest BCUT2D eigenvalue weighted by atomic mass is 9.91. The summed E-state index contributed by atoms with van der Waals surface area (Å²) in [5.74, 6) is 0. The molecule has 6 heteroatoms. The maximum absolute atomic E-state index is 11.1. The smallest absolute Gasteiger partial charge is 0.264 e. The van der Waals surface area contributed by atoms with Gasteiger partial charge in [0.05, 0.1) is 24.6 Å². The molecule has 1 aliphatic carbocycles. The Morgan fingerprint density at radius 3 is 2.05 bits per heavy atom. The molecule has 0 bridgehead atoms. The highest BCUT2D eigenvalue weighted by molar-refractivity contribution is 7.86. The predicted octanol–water partition coefficient (Wildman–Crippen LogP) is 1.38. The number of ether oxygens (including phenoxy) is 1. The molecule has 2 aliphatic rings. The van der Waals surface area contributed by atoms with Gasteiger partial charge in [-0.15, -0.1) is 0 Å². The SMILES string of the molecule is C[C@@H]1CN([C@H]2CC[C@@H](OS(C)(=O)=O)CC2)C[C@H](C)O1. The lowest BCUT2D eigenvalue weighted by Gasteiger charge is -2.42. The second kappa shape index (κ2) is 6.08. The molecule has 2 fully saturated rings. The summed E-state index contributed by atoms with van der Waals surface area (Å²) in [4.78, 5) is 2.50. The van der Waals surface area contributed by atoms with Crippen molar-refractivity contribution in [1.29, 1.82) is 0 Å². The first kappa shape index (κ1) is 15.2. The average Bonchev–Trinajstić information content (AvgIpc) is 2.26. The van der Waals surface area contributed by atoms with E-state index in [1.165, 1.54) is 0 Å². The molecule has 0 aromatic rings. The summed E-state index contributed by atoms with van der Waals surface area (Å²) < 4.78 is 33.1. The first-order valence-electron chi connectivity index (χ1n) is 7.11. The van der Waals surface area contributed by atoms with Crippen molar-refractivity contribution in [1.82, 2.24) is 4.90 Å². The highest BCUT2D eigenvalue weighted by Gasteiger charge is 2.32. The average molecular weight is 291 g/mol. The van der Waals surface area contributed by atoms with Crippen molar-refractivity contribution in [2.24, 2.45) is 0 Å². The van der Waals surface area contributed by atoms with Gasteiger partial charge < -0.3 is 4.74 Å². The van der Waals surface area contributed by atoms with E-state index >= 15 is 0 Å². The Morgan fingerprint density at radius 2 is 1.58 bits per heavy atom. The van der Waals surface area contributed by atoms with E-state index < -0.39 is 10.1 Å². The third-order valence-corrected chi connectivity index (χ3v) is 4.54. The summed E-state index contributed by atoms with van der Waals surface area (Å²) in [6, 6.07) is 0.549. The number of morpholine rings is 1. The van der Waals surface area contributed by atoms with Gasteiger partial charge in [-0.25, -0.2) is 0 Å².